The molecule has 1 aliphatic rings. The molecule has 2 rings (SSSR count). The van der Waals surface area contributed by atoms with Gasteiger partial charge < -0.3 is 9.47 Å². The van der Waals surface area contributed by atoms with Crippen LogP contribution < -0.4 is 0 Å². The quantitative estimate of drug-likeness (QED) is 0.741. The van der Waals surface area contributed by atoms with E-state index in [-0.39, 0.29) is 23.8 Å². The molecule has 0 bridgehead atoms. The van der Waals surface area contributed by atoms with Gasteiger partial charge in [0.1, 0.15) is 5.78 Å². The molecule has 24 heavy (non-hydrogen) atoms. The van der Waals surface area contributed by atoms with Gasteiger partial charge in [-0.3, -0.25) is 9.59 Å². The van der Waals surface area contributed by atoms with Gasteiger partial charge in [0.2, 0.25) is 0 Å². The average molecular weight is 332 g/mol. The van der Waals surface area contributed by atoms with Crippen LogP contribution in [-0.2, 0) is 25.7 Å². The minimum Gasteiger partial charge on any atom is -0.465 e. The zero-order valence-electron chi connectivity index (χ0n) is 14.9. The van der Waals surface area contributed by atoms with Gasteiger partial charge in [0.25, 0.3) is 0 Å². The predicted molar refractivity (Wildman–Crippen MR) is 92.4 cm³/mol. The lowest BCUT2D eigenvalue weighted by atomic mass is 9.84. The van der Waals surface area contributed by atoms with Gasteiger partial charge in [-0.05, 0) is 45.6 Å². The molecule has 0 N–H and O–H groups in total. The maximum Gasteiger partial charge on any atom is 0.311 e. The van der Waals surface area contributed by atoms with Gasteiger partial charge in [-0.25, -0.2) is 0 Å². The Hall–Kier alpha value is -1.68. The van der Waals surface area contributed by atoms with Crippen molar-refractivity contribution in [3.05, 3.63) is 35.9 Å². The van der Waals surface area contributed by atoms with E-state index in [1.165, 1.54) is 0 Å². The topological polar surface area (TPSA) is 52.6 Å². The van der Waals surface area contributed by atoms with Crippen LogP contribution in [0.15, 0.2) is 30.3 Å². The van der Waals surface area contributed by atoms with Crippen molar-refractivity contribution in [2.24, 2.45) is 11.3 Å². The van der Waals surface area contributed by atoms with Crippen LogP contribution in [0.4, 0.5) is 0 Å². The zero-order valence-corrected chi connectivity index (χ0v) is 14.9. The van der Waals surface area contributed by atoms with Crippen LogP contribution >= 0.6 is 0 Å². The van der Waals surface area contributed by atoms with E-state index in [4.69, 9.17) is 9.47 Å². The molecule has 4 nitrogen and oxygen atoms in total. The third-order valence-corrected chi connectivity index (χ3v) is 4.36. The number of Topliss-reactive ketones (excluding diaryl/α,β-unsaturated/α-hetero) is 1. The molecule has 2 atom stereocenters. The molecule has 0 aromatic heterocycles. The Balaban J connectivity index is 1.76. The number of hydrogen-bond acceptors (Lipinski definition) is 4. The SMILES string of the molecule is CC(C)(C)C(=O)OCC[C@H]1C[C@@H](OCc2ccccc2)CCC1=O. The van der Waals surface area contributed by atoms with Crippen LogP contribution in [0, 0.1) is 11.3 Å². The number of rotatable bonds is 6. The molecule has 0 unspecified atom stereocenters. The van der Waals surface area contributed by atoms with Crippen LogP contribution in [-0.4, -0.2) is 24.5 Å². The summed E-state index contributed by atoms with van der Waals surface area (Å²) in [5.74, 6) is -0.0173. The first kappa shape index (κ1) is 18.7. The van der Waals surface area contributed by atoms with E-state index in [9.17, 15) is 9.59 Å². The van der Waals surface area contributed by atoms with Crippen molar-refractivity contribution >= 4 is 11.8 Å². The zero-order chi connectivity index (χ0) is 17.6. The molecule has 132 valence electrons. The van der Waals surface area contributed by atoms with E-state index in [0.29, 0.717) is 26.1 Å². The summed E-state index contributed by atoms with van der Waals surface area (Å²) < 4.78 is 11.3. The first-order valence-electron chi connectivity index (χ1n) is 8.71. The molecule has 4 heteroatoms. The van der Waals surface area contributed by atoms with Crippen molar-refractivity contribution in [3.8, 4) is 0 Å². The normalized spacial score (nSPS) is 21.5. The van der Waals surface area contributed by atoms with Crippen molar-refractivity contribution in [2.45, 2.75) is 59.2 Å². The largest absolute Gasteiger partial charge is 0.465 e. The van der Waals surface area contributed by atoms with Crippen LogP contribution in [0.2, 0.25) is 0 Å². The Labute approximate surface area is 144 Å². The Morgan fingerprint density at radius 1 is 1.21 bits per heavy atom. The second kappa shape index (κ2) is 8.43. The molecule has 0 radical (unpaired) electrons. The van der Waals surface area contributed by atoms with Gasteiger partial charge in [-0.15, -0.1) is 0 Å². The average Bonchev–Trinajstić information content (AvgIpc) is 2.55. The molecule has 1 aromatic rings. The molecule has 1 aromatic carbocycles. The summed E-state index contributed by atoms with van der Waals surface area (Å²) in [6.45, 7) is 6.36. The highest BCUT2D eigenvalue weighted by molar-refractivity contribution is 5.82. The van der Waals surface area contributed by atoms with E-state index in [2.05, 4.69) is 0 Å². The monoisotopic (exact) mass is 332 g/mol. The van der Waals surface area contributed by atoms with Gasteiger partial charge in [0.05, 0.1) is 24.7 Å². The minimum absolute atomic E-state index is 0.0627. The van der Waals surface area contributed by atoms with Gasteiger partial charge in [-0.1, -0.05) is 30.3 Å². The van der Waals surface area contributed by atoms with E-state index >= 15 is 0 Å². The van der Waals surface area contributed by atoms with Crippen molar-refractivity contribution < 1.29 is 19.1 Å². The fraction of sp³-hybridized carbons (Fsp3) is 0.600. The van der Waals surface area contributed by atoms with E-state index < -0.39 is 5.41 Å². The highest BCUT2D eigenvalue weighted by atomic mass is 16.5. The Bertz CT molecular complexity index is 545. The summed E-state index contributed by atoms with van der Waals surface area (Å²) in [4.78, 5) is 23.9. The molecule has 1 saturated carbocycles. The van der Waals surface area contributed by atoms with Crippen LogP contribution in [0.1, 0.15) is 52.0 Å². The predicted octanol–water partition coefficient (Wildman–Crippen LogP) is 3.92. The summed E-state index contributed by atoms with van der Waals surface area (Å²) in [5, 5.41) is 0. The first-order valence-corrected chi connectivity index (χ1v) is 8.71. The molecule has 1 fully saturated rings. The fourth-order valence-corrected chi connectivity index (χ4v) is 2.80. The van der Waals surface area contributed by atoms with Crippen molar-refractivity contribution in [1.82, 2.24) is 0 Å². The number of hydrogen-bond donors (Lipinski definition) is 0. The second-order valence-corrected chi connectivity index (χ2v) is 7.53. The molecule has 1 aliphatic carbocycles. The Morgan fingerprint density at radius 3 is 2.58 bits per heavy atom. The number of ether oxygens (including phenoxy) is 2. The number of ketones is 1. The van der Waals surface area contributed by atoms with Crippen molar-refractivity contribution in [3.63, 3.8) is 0 Å². The maximum absolute atomic E-state index is 12.1. The Kier molecular flexibility index (Phi) is 6.55. The van der Waals surface area contributed by atoms with Gasteiger partial charge >= 0.3 is 5.97 Å². The summed E-state index contributed by atoms with van der Waals surface area (Å²) in [6, 6.07) is 10.1. The highest BCUT2D eigenvalue weighted by Crippen LogP contribution is 2.27. The molecular weight excluding hydrogens is 304 g/mol. The van der Waals surface area contributed by atoms with E-state index in [0.717, 1.165) is 18.4 Å². The van der Waals surface area contributed by atoms with Crippen molar-refractivity contribution in [1.29, 1.82) is 0 Å². The Morgan fingerprint density at radius 2 is 1.92 bits per heavy atom. The number of benzene rings is 1. The summed E-state index contributed by atoms with van der Waals surface area (Å²) in [7, 11) is 0. The number of carbonyl (C=O) groups excluding carboxylic acids is 2. The smallest absolute Gasteiger partial charge is 0.311 e. The highest BCUT2D eigenvalue weighted by Gasteiger charge is 2.30. The lowest BCUT2D eigenvalue weighted by Gasteiger charge is -2.28. The second-order valence-electron chi connectivity index (χ2n) is 7.53. The number of carbonyl (C=O) groups is 2. The number of esters is 1. The van der Waals surface area contributed by atoms with Gasteiger partial charge in [0.15, 0.2) is 0 Å². The summed E-state index contributed by atoms with van der Waals surface area (Å²) in [5.41, 5.74) is 0.641. The van der Waals surface area contributed by atoms with E-state index in [1.807, 2.05) is 51.1 Å². The third kappa shape index (κ3) is 5.75. The molecule has 0 saturated heterocycles. The summed E-state index contributed by atoms with van der Waals surface area (Å²) in [6.07, 6.45) is 2.75. The third-order valence-electron chi connectivity index (χ3n) is 4.36. The van der Waals surface area contributed by atoms with Crippen LogP contribution in [0.5, 0.6) is 0 Å². The van der Waals surface area contributed by atoms with Crippen LogP contribution in [0.25, 0.3) is 0 Å². The molecule has 0 spiro atoms. The van der Waals surface area contributed by atoms with Gasteiger partial charge in [0, 0.05) is 12.3 Å². The fourth-order valence-electron chi connectivity index (χ4n) is 2.80. The first-order chi connectivity index (χ1) is 11.4. The minimum atomic E-state index is -0.502. The van der Waals surface area contributed by atoms with E-state index in [1.54, 1.807) is 0 Å². The van der Waals surface area contributed by atoms with Gasteiger partial charge in [-0.2, -0.15) is 0 Å². The molecule has 0 heterocycles. The molecular formula is C20H28O4. The summed E-state index contributed by atoms with van der Waals surface area (Å²) >= 11 is 0. The van der Waals surface area contributed by atoms with Crippen LogP contribution in [0.3, 0.4) is 0 Å². The maximum atomic E-state index is 12.1. The van der Waals surface area contributed by atoms with Crippen molar-refractivity contribution in [2.75, 3.05) is 6.61 Å². The molecule has 0 aliphatic heterocycles. The molecule has 0 amide bonds. The lowest BCUT2D eigenvalue weighted by Crippen LogP contribution is -2.31. The lowest BCUT2D eigenvalue weighted by molar-refractivity contribution is -0.154. The standard InChI is InChI=1S/C20H28O4/c1-20(2,3)19(22)23-12-11-16-13-17(9-10-18(16)21)24-14-15-7-5-4-6-8-15/h4-8,16-17H,9-14H2,1-3H3/t16-,17-/m0/s1.